The lowest BCUT2D eigenvalue weighted by atomic mass is 10.3. The van der Waals surface area contributed by atoms with Crippen molar-refractivity contribution in [2.75, 3.05) is 14.2 Å². The first kappa shape index (κ1) is 21.0. The summed E-state index contributed by atoms with van der Waals surface area (Å²) in [6.07, 6.45) is 1.53. The minimum atomic E-state index is -2.92. The third-order valence-electron chi connectivity index (χ3n) is 3.51. The molecule has 7 nitrogen and oxygen atoms in total. The summed E-state index contributed by atoms with van der Waals surface area (Å²) >= 11 is -1.56. The molecule has 2 aromatic heterocycles. The van der Waals surface area contributed by atoms with Crippen molar-refractivity contribution in [1.82, 2.24) is 15.0 Å². The average Bonchev–Trinajstić information content (AvgIpc) is 3.04. The number of aromatic amines is 1. The minimum absolute atomic E-state index is 0. The minimum Gasteiger partial charge on any atom is -0.609 e. The molecule has 0 aliphatic heterocycles. The van der Waals surface area contributed by atoms with Crippen LogP contribution in [0.2, 0.25) is 0 Å². The zero-order valence-electron chi connectivity index (χ0n) is 14.3. The Morgan fingerprint density at radius 1 is 1.22 bits per heavy atom. The van der Waals surface area contributed by atoms with Crippen molar-refractivity contribution in [3.05, 3.63) is 36.2 Å². The van der Waals surface area contributed by atoms with Crippen LogP contribution in [-0.4, -0.2) is 40.3 Å². The fraction of sp³-hybridized carbons (Fsp3) is 0.250. The SMILES string of the molecule is COc1ccnc(C[S+]([O-])c2nc3cc(OC(F)F)ccc3[nH]2)c1OC.Cl. The number of imidazole rings is 1. The predicted molar refractivity (Wildman–Crippen MR) is 97.4 cm³/mol. The molecule has 0 radical (unpaired) electrons. The van der Waals surface area contributed by atoms with Gasteiger partial charge in [0, 0.05) is 29.5 Å². The zero-order valence-corrected chi connectivity index (χ0v) is 15.9. The Morgan fingerprint density at radius 3 is 2.67 bits per heavy atom. The number of nitrogens with zero attached hydrogens (tertiary/aromatic N) is 2. The molecule has 27 heavy (non-hydrogen) atoms. The number of pyridine rings is 1. The summed E-state index contributed by atoms with van der Waals surface area (Å²) in [4.78, 5) is 11.3. The van der Waals surface area contributed by atoms with Crippen LogP contribution in [0.5, 0.6) is 17.2 Å². The van der Waals surface area contributed by atoms with E-state index in [-0.39, 0.29) is 29.1 Å². The van der Waals surface area contributed by atoms with Gasteiger partial charge in [-0.1, -0.05) is 0 Å². The standard InChI is InChI=1S/C16H15F2N3O4S.ClH/c1-23-13-5-6-19-12(14(13)24-2)8-26(22)16-20-10-4-3-9(25-15(17)18)7-11(10)21-16;/h3-7,15H,8H2,1-2H3,(H,20,21);1H. The summed E-state index contributed by atoms with van der Waals surface area (Å²) in [7, 11) is 2.97. The normalized spacial score (nSPS) is 11.9. The van der Waals surface area contributed by atoms with Crippen LogP contribution >= 0.6 is 12.4 Å². The summed E-state index contributed by atoms with van der Waals surface area (Å²) in [6.45, 7) is -2.92. The van der Waals surface area contributed by atoms with Gasteiger partial charge in [-0.25, -0.2) is 0 Å². The second-order valence-corrected chi connectivity index (χ2v) is 6.45. The number of rotatable bonds is 7. The van der Waals surface area contributed by atoms with Crippen molar-refractivity contribution in [3.63, 3.8) is 0 Å². The van der Waals surface area contributed by atoms with Crippen molar-refractivity contribution >= 4 is 34.6 Å². The van der Waals surface area contributed by atoms with E-state index in [4.69, 9.17) is 9.47 Å². The smallest absolute Gasteiger partial charge is 0.387 e. The van der Waals surface area contributed by atoms with E-state index in [1.807, 2.05) is 0 Å². The fourth-order valence-corrected chi connectivity index (χ4v) is 3.41. The molecule has 146 valence electrons. The molecule has 1 N–H and O–H groups in total. The molecule has 0 bridgehead atoms. The van der Waals surface area contributed by atoms with Gasteiger partial charge in [-0.05, 0) is 12.1 Å². The van der Waals surface area contributed by atoms with Crippen LogP contribution in [0.1, 0.15) is 5.69 Å². The molecule has 2 heterocycles. The fourth-order valence-electron chi connectivity index (χ4n) is 2.39. The second-order valence-electron chi connectivity index (χ2n) is 5.08. The van der Waals surface area contributed by atoms with Gasteiger partial charge in [0.15, 0.2) is 17.3 Å². The lowest BCUT2D eigenvalue weighted by Gasteiger charge is -2.12. The van der Waals surface area contributed by atoms with Gasteiger partial charge in [0.25, 0.3) is 0 Å². The molecular formula is C16H16ClF2N3O4S. The Balaban J connectivity index is 0.00000261. The molecular weight excluding hydrogens is 404 g/mol. The van der Waals surface area contributed by atoms with E-state index in [9.17, 15) is 13.3 Å². The maximum absolute atomic E-state index is 12.6. The van der Waals surface area contributed by atoms with Crippen molar-refractivity contribution in [1.29, 1.82) is 0 Å². The lowest BCUT2D eigenvalue weighted by Crippen LogP contribution is -2.10. The van der Waals surface area contributed by atoms with Gasteiger partial charge in [0.1, 0.15) is 11.4 Å². The number of alkyl halides is 2. The quantitative estimate of drug-likeness (QED) is 0.591. The van der Waals surface area contributed by atoms with Crippen LogP contribution in [-0.2, 0) is 16.9 Å². The summed E-state index contributed by atoms with van der Waals surface area (Å²) in [5, 5.41) is 0.195. The maximum Gasteiger partial charge on any atom is 0.387 e. The van der Waals surface area contributed by atoms with Crippen molar-refractivity contribution in [3.8, 4) is 17.2 Å². The lowest BCUT2D eigenvalue weighted by molar-refractivity contribution is -0.0497. The molecule has 0 fully saturated rings. The van der Waals surface area contributed by atoms with Crippen molar-refractivity contribution in [2.45, 2.75) is 17.5 Å². The van der Waals surface area contributed by atoms with Gasteiger partial charge in [-0.15, -0.1) is 12.4 Å². The van der Waals surface area contributed by atoms with Crippen LogP contribution in [0.4, 0.5) is 8.78 Å². The molecule has 1 unspecified atom stereocenters. The zero-order chi connectivity index (χ0) is 18.7. The number of benzene rings is 1. The molecule has 0 aliphatic carbocycles. The van der Waals surface area contributed by atoms with Crippen LogP contribution in [0.15, 0.2) is 35.6 Å². The number of aromatic nitrogens is 3. The van der Waals surface area contributed by atoms with Crippen LogP contribution in [0.3, 0.4) is 0 Å². The highest BCUT2D eigenvalue weighted by atomic mass is 35.5. The van der Waals surface area contributed by atoms with Crippen molar-refractivity contribution < 1.29 is 27.5 Å². The van der Waals surface area contributed by atoms with Crippen LogP contribution < -0.4 is 14.2 Å². The number of methoxy groups -OCH3 is 2. The largest absolute Gasteiger partial charge is 0.609 e. The molecule has 0 aliphatic rings. The average molecular weight is 420 g/mol. The number of halogens is 3. The van der Waals surface area contributed by atoms with Gasteiger partial charge in [0.2, 0.25) is 0 Å². The van der Waals surface area contributed by atoms with E-state index in [0.717, 1.165) is 0 Å². The van der Waals surface area contributed by atoms with Crippen LogP contribution in [0, 0.1) is 0 Å². The first-order valence-electron chi connectivity index (χ1n) is 7.40. The number of H-pyrrole nitrogens is 1. The van der Waals surface area contributed by atoms with E-state index in [0.29, 0.717) is 28.2 Å². The summed E-state index contributed by atoms with van der Waals surface area (Å²) in [5.41, 5.74) is 1.38. The third-order valence-corrected chi connectivity index (χ3v) is 4.67. The summed E-state index contributed by atoms with van der Waals surface area (Å²) < 4.78 is 52.1. The van der Waals surface area contributed by atoms with Crippen LogP contribution in [0.25, 0.3) is 11.0 Å². The van der Waals surface area contributed by atoms with E-state index in [2.05, 4.69) is 19.7 Å². The molecule has 0 saturated heterocycles. The second kappa shape index (κ2) is 9.07. The first-order chi connectivity index (χ1) is 12.5. The van der Waals surface area contributed by atoms with E-state index in [1.54, 1.807) is 6.07 Å². The molecule has 0 spiro atoms. The topological polar surface area (TPSA) is 92.3 Å². The number of nitrogens with one attached hydrogen (secondary N) is 1. The monoisotopic (exact) mass is 419 g/mol. The number of fused-ring (bicyclic) bond motifs is 1. The Morgan fingerprint density at radius 2 is 2.00 bits per heavy atom. The molecule has 0 saturated carbocycles. The number of hydrogen-bond acceptors (Lipinski definition) is 6. The van der Waals surface area contributed by atoms with Gasteiger partial charge in [-0.3, -0.25) is 9.97 Å². The Hall–Kier alpha value is -2.30. The molecule has 11 heteroatoms. The highest BCUT2D eigenvalue weighted by Crippen LogP contribution is 2.31. The molecule has 3 rings (SSSR count). The van der Waals surface area contributed by atoms with Crippen molar-refractivity contribution in [2.24, 2.45) is 0 Å². The van der Waals surface area contributed by atoms with Gasteiger partial charge >= 0.3 is 11.8 Å². The molecule has 1 atom stereocenters. The van der Waals surface area contributed by atoms with E-state index in [1.165, 1.54) is 38.6 Å². The first-order valence-corrected chi connectivity index (χ1v) is 8.72. The van der Waals surface area contributed by atoms with Gasteiger partial charge in [0.05, 0.1) is 25.3 Å². The third kappa shape index (κ3) is 4.71. The van der Waals surface area contributed by atoms with Gasteiger partial charge in [-0.2, -0.15) is 13.8 Å². The highest BCUT2D eigenvalue weighted by molar-refractivity contribution is 7.90. The Bertz CT molecular complexity index is 913. The molecule has 0 amide bonds. The summed E-state index contributed by atoms with van der Waals surface area (Å²) in [6, 6.07) is 5.90. The Kier molecular flexibility index (Phi) is 7.05. The van der Waals surface area contributed by atoms with E-state index < -0.39 is 17.8 Å². The molecule has 3 aromatic rings. The number of hydrogen-bond donors (Lipinski definition) is 1. The highest BCUT2D eigenvalue weighted by Gasteiger charge is 2.22. The van der Waals surface area contributed by atoms with Gasteiger partial charge < -0.3 is 18.8 Å². The number of ether oxygens (including phenoxy) is 3. The molecule has 1 aromatic carbocycles. The maximum atomic E-state index is 12.6. The predicted octanol–water partition coefficient (Wildman–Crippen LogP) is 3.31. The Labute approximate surface area is 162 Å². The summed E-state index contributed by atoms with van der Waals surface area (Å²) in [5.74, 6) is 0.896. The van der Waals surface area contributed by atoms with E-state index >= 15 is 0 Å².